The second-order valence-corrected chi connectivity index (χ2v) is 8.73. The van der Waals surface area contributed by atoms with Crippen LogP contribution in [0.2, 0.25) is 5.02 Å². The van der Waals surface area contributed by atoms with E-state index in [1.54, 1.807) is 22.8 Å². The van der Waals surface area contributed by atoms with E-state index in [4.69, 9.17) is 11.6 Å². The summed E-state index contributed by atoms with van der Waals surface area (Å²) in [6, 6.07) is 5.34. The van der Waals surface area contributed by atoms with Gasteiger partial charge in [-0.3, -0.25) is 14.2 Å². The van der Waals surface area contributed by atoms with E-state index in [9.17, 15) is 9.59 Å². The molecule has 1 amide bonds. The molecule has 1 heterocycles. The number of carbonyl (C=O) groups is 1. The van der Waals surface area contributed by atoms with Gasteiger partial charge in [0.25, 0.3) is 5.56 Å². The van der Waals surface area contributed by atoms with E-state index in [-0.39, 0.29) is 29.2 Å². The van der Waals surface area contributed by atoms with Crippen molar-refractivity contribution >= 4 is 40.2 Å². The van der Waals surface area contributed by atoms with Crippen molar-refractivity contribution < 1.29 is 4.79 Å². The van der Waals surface area contributed by atoms with Gasteiger partial charge in [0, 0.05) is 17.6 Å². The van der Waals surface area contributed by atoms with Crippen molar-refractivity contribution in [1.29, 1.82) is 0 Å². The number of nitrogens with one attached hydrogen (secondary N) is 1. The molecule has 0 radical (unpaired) electrons. The Bertz CT molecular complexity index is 877. The molecular formula is C19H24ClN3O2S. The second kappa shape index (κ2) is 8.01. The summed E-state index contributed by atoms with van der Waals surface area (Å²) >= 11 is 7.35. The van der Waals surface area contributed by atoms with Gasteiger partial charge in [-0.1, -0.05) is 37.2 Å². The Hall–Kier alpha value is -1.53. The Morgan fingerprint density at radius 3 is 2.77 bits per heavy atom. The number of amides is 1. The highest BCUT2D eigenvalue weighted by molar-refractivity contribution is 7.99. The van der Waals surface area contributed by atoms with Gasteiger partial charge in [0.15, 0.2) is 5.16 Å². The number of halogens is 1. The van der Waals surface area contributed by atoms with Crippen LogP contribution in [0.1, 0.15) is 33.6 Å². The zero-order valence-electron chi connectivity index (χ0n) is 15.3. The Labute approximate surface area is 162 Å². The Kier molecular flexibility index (Phi) is 5.92. The fraction of sp³-hybridized carbons (Fsp3) is 0.526. The zero-order valence-corrected chi connectivity index (χ0v) is 16.9. The maximum atomic E-state index is 12.9. The molecule has 0 aliphatic heterocycles. The van der Waals surface area contributed by atoms with Crippen LogP contribution in [0.25, 0.3) is 10.9 Å². The summed E-state index contributed by atoms with van der Waals surface area (Å²) in [4.78, 5) is 29.7. The summed E-state index contributed by atoms with van der Waals surface area (Å²) in [5, 5.41) is 4.64. The summed E-state index contributed by atoms with van der Waals surface area (Å²) in [7, 11) is 0. The highest BCUT2D eigenvalue weighted by Crippen LogP contribution is 2.32. The number of thioether (sulfide) groups is 1. The number of aromatic nitrogens is 2. The van der Waals surface area contributed by atoms with Crippen LogP contribution in [-0.2, 0) is 11.3 Å². The number of benzene rings is 1. The van der Waals surface area contributed by atoms with Crippen LogP contribution in [-0.4, -0.2) is 27.3 Å². The minimum Gasteiger partial charge on any atom is -0.353 e. The first kappa shape index (κ1) is 19.2. The number of rotatable bonds is 7. The molecule has 0 unspecified atom stereocenters. The molecule has 1 fully saturated rings. The molecule has 0 spiro atoms. The largest absolute Gasteiger partial charge is 0.353 e. The van der Waals surface area contributed by atoms with Crippen molar-refractivity contribution in [2.45, 2.75) is 51.4 Å². The minimum atomic E-state index is -0.111. The van der Waals surface area contributed by atoms with Crippen LogP contribution >= 0.6 is 23.4 Å². The molecule has 1 atom stereocenters. The molecule has 3 rings (SSSR count). The summed E-state index contributed by atoms with van der Waals surface area (Å²) in [6.45, 7) is 6.70. The van der Waals surface area contributed by atoms with Crippen LogP contribution in [0.15, 0.2) is 28.2 Å². The lowest BCUT2D eigenvalue weighted by Gasteiger charge is -2.16. The quantitative estimate of drug-likeness (QED) is 0.575. The van der Waals surface area contributed by atoms with Crippen LogP contribution in [0.5, 0.6) is 0 Å². The molecule has 1 aromatic heterocycles. The van der Waals surface area contributed by atoms with Crippen molar-refractivity contribution in [3.63, 3.8) is 0 Å². The molecule has 2 aromatic rings. The minimum absolute atomic E-state index is 0.0176. The van der Waals surface area contributed by atoms with E-state index in [0.717, 1.165) is 0 Å². The molecule has 0 saturated heterocycles. The maximum Gasteiger partial charge on any atom is 0.262 e. The molecule has 7 heteroatoms. The summed E-state index contributed by atoms with van der Waals surface area (Å²) in [5.41, 5.74) is 0.495. The van der Waals surface area contributed by atoms with E-state index in [0.29, 0.717) is 33.5 Å². The standard InChI is InChI=1S/C19H24ClN3O2S/c1-11(2)9-23-18(25)15-8-14(20)6-7-16(15)22-19(23)26-10-17(24)21-12(3)13-4-5-13/h6-8,11-13H,4-5,9-10H2,1-3H3,(H,21,24)/t12-/m0/s1. The average molecular weight is 394 g/mol. The van der Waals surface area contributed by atoms with Crippen LogP contribution < -0.4 is 10.9 Å². The molecule has 1 N–H and O–H groups in total. The first-order chi connectivity index (χ1) is 12.3. The van der Waals surface area contributed by atoms with Gasteiger partial charge in [0.05, 0.1) is 16.7 Å². The summed E-state index contributed by atoms with van der Waals surface area (Å²) < 4.78 is 1.66. The van der Waals surface area contributed by atoms with Crippen molar-refractivity contribution in [2.75, 3.05) is 5.75 Å². The van der Waals surface area contributed by atoms with E-state index < -0.39 is 0 Å². The van der Waals surface area contributed by atoms with Crippen LogP contribution in [0.4, 0.5) is 0 Å². The second-order valence-electron chi connectivity index (χ2n) is 7.35. The average Bonchev–Trinajstić information content (AvgIpc) is 3.41. The van der Waals surface area contributed by atoms with Crippen LogP contribution in [0.3, 0.4) is 0 Å². The predicted molar refractivity (Wildman–Crippen MR) is 107 cm³/mol. The Balaban J connectivity index is 1.84. The molecule has 1 aromatic carbocycles. The number of fused-ring (bicyclic) bond motifs is 1. The molecule has 0 bridgehead atoms. The first-order valence-electron chi connectivity index (χ1n) is 8.97. The molecule has 1 aliphatic carbocycles. The molecule has 26 heavy (non-hydrogen) atoms. The number of nitrogens with zero attached hydrogens (tertiary/aromatic N) is 2. The van der Waals surface area contributed by atoms with Gasteiger partial charge in [0.1, 0.15) is 0 Å². The lowest BCUT2D eigenvalue weighted by molar-refractivity contribution is -0.119. The van der Waals surface area contributed by atoms with Gasteiger partial charge in [-0.25, -0.2) is 4.98 Å². The van der Waals surface area contributed by atoms with E-state index in [1.807, 2.05) is 20.8 Å². The fourth-order valence-corrected chi connectivity index (χ4v) is 3.94. The van der Waals surface area contributed by atoms with Crippen molar-refractivity contribution in [2.24, 2.45) is 11.8 Å². The summed E-state index contributed by atoms with van der Waals surface area (Å²) in [5.74, 6) is 1.14. The third-order valence-corrected chi connectivity index (χ3v) is 5.69. The predicted octanol–water partition coefficient (Wildman–Crippen LogP) is 3.71. The SMILES string of the molecule is CC(C)Cn1c(SCC(=O)N[C@@H](C)C2CC2)nc2ccc(Cl)cc2c1=O. The van der Waals surface area contributed by atoms with Crippen molar-refractivity contribution in [3.05, 3.63) is 33.6 Å². The first-order valence-corrected chi connectivity index (χ1v) is 10.3. The van der Waals surface area contributed by atoms with Gasteiger partial charge < -0.3 is 5.32 Å². The van der Waals surface area contributed by atoms with Gasteiger partial charge >= 0.3 is 0 Å². The number of carbonyl (C=O) groups excluding carboxylic acids is 1. The van der Waals surface area contributed by atoms with E-state index in [2.05, 4.69) is 10.3 Å². The molecule has 1 saturated carbocycles. The Morgan fingerprint density at radius 1 is 1.38 bits per heavy atom. The van der Waals surface area contributed by atoms with E-state index >= 15 is 0 Å². The Morgan fingerprint density at radius 2 is 2.12 bits per heavy atom. The van der Waals surface area contributed by atoms with Gasteiger partial charge in [-0.2, -0.15) is 0 Å². The van der Waals surface area contributed by atoms with Gasteiger partial charge in [-0.05, 0) is 49.8 Å². The maximum absolute atomic E-state index is 12.9. The van der Waals surface area contributed by atoms with Gasteiger partial charge in [-0.15, -0.1) is 0 Å². The third kappa shape index (κ3) is 4.60. The number of hydrogen-bond acceptors (Lipinski definition) is 4. The monoisotopic (exact) mass is 393 g/mol. The van der Waals surface area contributed by atoms with Crippen LogP contribution in [0, 0.1) is 11.8 Å². The molecular weight excluding hydrogens is 370 g/mol. The molecule has 5 nitrogen and oxygen atoms in total. The molecule has 140 valence electrons. The third-order valence-electron chi connectivity index (χ3n) is 4.48. The highest BCUT2D eigenvalue weighted by Gasteiger charge is 2.28. The number of hydrogen-bond donors (Lipinski definition) is 1. The topological polar surface area (TPSA) is 64.0 Å². The lowest BCUT2D eigenvalue weighted by atomic mass is 10.2. The fourth-order valence-electron chi connectivity index (χ4n) is 2.95. The van der Waals surface area contributed by atoms with Crippen molar-refractivity contribution in [3.8, 4) is 0 Å². The summed E-state index contributed by atoms with van der Waals surface area (Å²) in [6.07, 6.45) is 2.38. The molecule has 1 aliphatic rings. The highest BCUT2D eigenvalue weighted by atomic mass is 35.5. The lowest BCUT2D eigenvalue weighted by Crippen LogP contribution is -2.35. The van der Waals surface area contributed by atoms with Gasteiger partial charge in [0.2, 0.25) is 5.91 Å². The van der Waals surface area contributed by atoms with E-state index in [1.165, 1.54) is 24.6 Å². The smallest absolute Gasteiger partial charge is 0.262 e. The van der Waals surface area contributed by atoms with Crippen molar-refractivity contribution in [1.82, 2.24) is 14.9 Å². The zero-order chi connectivity index (χ0) is 18.8. The normalized spacial score (nSPS) is 15.4.